The van der Waals surface area contributed by atoms with Crippen LogP contribution in [-0.4, -0.2) is 29.7 Å². The molecule has 0 saturated heterocycles. The molecular weight excluding hydrogens is 294 g/mol. The van der Waals surface area contributed by atoms with Crippen LogP contribution in [0.15, 0.2) is 34.4 Å². The number of amidine groups is 1. The van der Waals surface area contributed by atoms with Gasteiger partial charge in [0.15, 0.2) is 5.84 Å². The maximum absolute atomic E-state index is 12.3. The lowest BCUT2D eigenvalue weighted by atomic mass is 10.1. The fourth-order valence-corrected chi connectivity index (χ4v) is 2.81. The molecule has 2 aromatic rings. The largest absolute Gasteiger partial charge is 0.409 e. The number of H-pyrrole nitrogens is 1. The zero-order chi connectivity index (χ0) is 15.6. The minimum atomic E-state index is -3.80. The molecular formula is C12H15N5O3S. The van der Waals surface area contributed by atoms with Crippen molar-refractivity contribution in [2.24, 2.45) is 10.9 Å². The summed E-state index contributed by atoms with van der Waals surface area (Å²) in [6.45, 7) is 3.72. The topological polar surface area (TPSA) is 133 Å². The molecule has 0 fully saturated rings. The maximum Gasteiger partial charge on any atom is 0.263 e. The number of nitrogens with two attached hydrogens (primary N) is 1. The molecule has 0 radical (unpaired) electrons. The zero-order valence-corrected chi connectivity index (χ0v) is 12.3. The molecule has 112 valence electrons. The molecule has 0 atom stereocenters. The summed E-state index contributed by atoms with van der Waals surface area (Å²) in [5.41, 5.74) is 7.46. The quantitative estimate of drug-likeness (QED) is 0.288. The van der Waals surface area contributed by atoms with Crippen molar-refractivity contribution in [3.8, 4) is 0 Å². The van der Waals surface area contributed by atoms with Crippen LogP contribution in [0.4, 0.5) is 5.82 Å². The highest BCUT2D eigenvalue weighted by molar-refractivity contribution is 7.92. The smallest absolute Gasteiger partial charge is 0.263 e. The Morgan fingerprint density at radius 1 is 1.38 bits per heavy atom. The Morgan fingerprint density at radius 2 is 2.10 bits per heavy atom. The molecule has 0 saturated carbocycles. The van der Waals surface area contributed by atoms with Crippen LogP contribution in [0.3, 0.4) is 0 Å². The molecule has 1 aromatic carbocycles. The molecule has 1 heterocycles. The third-order valence-corrected chi connectivity index (χ3v) is 4.40. The summed E-state index contributed by atoms with van der Waals surface area (Å²) in [4.78, 5) is 0.116. The van der Waals surface area contributed by atoms with Gasteiger partial charge in [0.1, 0.15) is 5.82 Å². The second kappa shape index (κ2) is 5.44. The number of anilines is 1. The molecule has 5 N–H and O–H groups in total. The van der Waals surface area contributed by atoms with Crippen molar-refractivity contribution in [1.82, 2.24) is 10.2 Å². The van der Waals surface area contributed by atoms with Crippen LogP contribution >= 0.6 is 0 Å². The molecule has 0 aliphatic rings. The number of sulfonamides is 1. The van der Waals surface area contributed by atoms with Crippen LogP contribution in [0.25, 0.3) is 0 Å². The van der Waals surface area contributed by atoms with Crippen LogP contribution < -0.4 is 10.5 Å². The van der Waals surface area contributed by atoms with Crippen LogP contribution in [-0.2, 0) is 10.0 Å². The first-order chi connectivity index (χ1) is 9.85. The summed E-state index contributed by atoms with van der Waals surface area (Å²) >= 11 is 0. The van der Waals surface area contributed by atoms with Crippen molar-refractivity contribution in [1.29, 1.82) is 0 Å². The first-order valence-corrected chi connectivity index (χ1v) is 7.45. The van der Waals surface area contributed by atoms with E-state index < -0.39 is 10.0 Å². The van der Waals surface area contributed by atoms with Gasteiger partial charge in [0.25, 0.3) is 10.0 Å². The molecule has 0 aliphatic carbocycles. The maximum atomic E-state index is 12.3. The molecule has 8 nitrogen and oxygen atoms in total. The van der Waals surface area contributed by atoms with Crippen LogP contribution in [0.2, 0.25) is 0 Å². The summed E-state index contributed by atoms with van der Waals surface area (Å²) in [7, 11) is -3.80. The van der Waals surface area contributed by atoms with Gasteiger partial charge in [-0.25, -0.2) is 8.42 Å². The highest BCUT2D eigenvalue weighted by atomic mass is 32.2. The van der Waals surface area contributed by atoms with E-state index in [1.807, 2.05) is 13.8 Å². The Balaban J connectivity index is 2.38. The lowest BCUT2D eigenvalue weighted by Gasteiger charge is -2.09. The van der Waals surface area contributed by atoms with E-state index in [4.69, 9.17) is 10.9 Å². The molecule has 0 spiro atoms. The number of oxime groups is 1. The van der Waals surface area contributed by atoms with Crippen molar-refractivity contribution in [2.75, 3.05) is 4.72 Å². The molecule has 21 heavy (non-hydrogen) atoms. The van der Waals surface area contributed by atoms with Crippen molar-refractivity contribution >= 4 is 21.7 Å². The van der Waals surface area contributed by atoms with Crippen molar-refractivity contribution in [2.45, 2.75) is 18.7 Å². The second-order valence-electron chi connectivity index (χ2n) is 4.50. The Hall–Kier alpha value is -2.55. The van der Waals surface area contributed by atoms with Gasteiger partial charge >= 0.3 is 0 Å². The van der Waals surface area contributed by atoms with Crippen LogP contribution in [0.1, 0.15) is 16.7 Å². The fraction of sp³-hybridized carbons (Fsp3) is 0.167. The van der Waals surface area contributed by atoms with E-state index in [0.717, 1.165) is 11.1 Å². The number of benzene rings is 1. The average Bonchev–Trinajstić information content (AvgIpc) is 2.88. The van der Waals surface area contributed by atoms with E-state index in [9.17, 15) is 8.42 Å². The van der Waals surface area contributed by atoms with Crippen molar-refractivity contribution < 1.29 is 13.6 Å². The lowest BCUT2D eigenvalue weighted by molar-refractivity contribution is 0.318. The number of hydrogen-bond donors (Lipinski definition) is 4. The fourth-order valence-electron chi connectivity index (χ4n) is 1.69. The minimum absolute atomic E-state index is 0.0310. The molecule has 1 aromatic heterocycles. The normalized spacial score (nSPS) is 12.4. The SMILES string of the molecule is Cc1ccc(S(=O)(=O)Nc2[nH]ncc2C(N)=NO)cc1C. The van der Waals surface area contributed by atoms with E-state index in [2.05, 4.69) is 20.1 Å². The Kier molecular flexibility index (Phi) is 3.85. The van der Waals surface area contributed by atoms with Crippen molar-refractivity contribution in [3.63, 3.8) is 0 Å². The van der Waals surface area contributed by atoms with Gasteiger partial charge in [0.2, 0.25) is 0 Å². The number of hydrogen-bond acceptors (Lipinski definition) is 5. The molecule has 0 amide bonds. The monoisotopic (exact) mass is 309 g/mol. The van der Waals surface area contributed by atoms with E-state index >= 15 is 0 Å². The van der Waals surface area contributed by atoms with Gasteiger partial charge < -0.3 is 10.9 Å². The van der Waals surface area contributed by atoms with Crippen LogP contribution in [0.5, 0.6) is 0 Å². The van der Waals surface area contributed by atoms with Gasteiger partial charge in [0.05, 0.1) is 16.7 Å². The van der Waals surface area contributed by atoms with Gasteiger partial charge in [-0.1, -0.05) is 11.2 Å². The Labute approximate surface area is 121 Å². The number of aryl methyl sites for hydroxylation is 2. The predicted octanol–water partition coefficient (Wildman–Crippen LogP) is 0.922. The van der Waals surface area contributed by atoms with E-state index in [0.29, 0.717) is 0 Å². The second-order valence-corrected chi connectivity index (χ2v) is 6.18. The molecule has 0 aliphatic heterocycles. The first kappa shape index (κ1) is 14.9. The molecule has 0 unspecified atom stereocenters. The Bertz CT molecular complexity index is 795. The number of aromatic amines is 1. The highest BCUT2D eigenvalue weighted by Crippen LogP contribution is 2.19. The van der Waals surface area contributed by atoms with Gasteiger partial charge in [0, 0.05) is 0 Å². The number of nitrogens with zero attached hydrogens (tertiary/aromatic N) is 2. The summed E-state index contributed by atoms with van der Waals surface area (Å²) in [5, 5.41) is 17.6. The minimum Gasteiger partial charge on any atom is -0.409 e. The summed E-state index contributed by atoms with van der Waals surface area (Å²) in [6, 6.07) is 4.79. The average molecular weight is 309 g/mol. The lowest BCUT2D eigenvalue weighted by Crippen LogP contribution is -2.19. The summed E-state index contributed by atoms with van der Waals surface area (Å²) in [5.74, 6) is -0.218. The standard InChI is InChI=1S/C12H15N5O3S/c1-7-3-4-9(5-8(7)2)21(19,20)17-12-10(6-14-15-12)11(13)16-18/h3-6,18H,1-2H3,(H2,13,16)(H2,14,15,17). The van der Waals surface area contributed by atoms with E-state index in [1.165, 1.54) is 12.3 Å². The first-order valence-electron chi connectivity index (χ1n) is 5.96. The van der Waals surface area contributed by atoms with Gasteiger partial charge in [-0.05, 0) is 37.1 Å². The van der Waals surface area contributed by atoms with E-state index in [-0.39, 0.29) is 22.1 Å². The zero-order valence-electron chi connectivity index (χ0n) is 11.5. The van der Waals surface area contributed by atoms with Gasteiger partial charge in [-0.2, -0.15) is 5.10 Å². The highest BCUT2D eigenvalue weighted by Gasteiger charge is 2.19. The summed E-state index contributed by atoms with van der Waals surface area (Å²) in [6.07, 6.45) is 1.26. The molecule has 9 heteroatoms. The summed E-state index contributed by atoms with van der Waals surface area (Å²) < 4.78 is 27.0. The van der Waals surface area contributed by atoms with Gasteiger partial charge in [-0.15, -0.1) is 0 Å². The number of aromatic nitrogens is 2. The van der Waals surface area contributed by atoms with Crippen molar-refractivity contribution in [3.05, 3.63) is 41.1 Å². The Morgan fingerprint density at radius 3 is 2.71 bits per heavy atom. The third-order valence-electron chi connectivity index (χ3n) is 3.05. The van der Waals surface area contributed by atoms with E-state index in [1.54, 1.807) is 12.1 Å². The van der Waals surface area contributed by atoms with Crippen LogP contribution in [0, 0.1) is 13.8 Å². The number of nitrogens with one attached hydrogen (secondary N) is 2. The third kappa shape index (κ3) is 2.97. The molecule has 2 rings (SSSR count). The predicted molar refractivity (Wildman–Crippen MR) is 77.8 cm³/mol. The number of rotatable bonds is 4. The molecule has 0 bridgehead atoms. The van der Waals surface area contributed by atoms with Gasteiger partial charge in [-0.3, -0.25) is 9.82 Å².